The number of amides is 2. The van der Waals surface area contributed by atoms with Crippen molar-refractivity contribution < 1.29 is 26.8 Å². The zero-order chi connectivity index (χ0) is 22.5. The van der Waals surface area contributed by atoms with Crippen LogP contribution in [-0.4, -0.2) is 30.2 Å². The second-order valence-electron chi connectivity index (χ2n) is 7.14. The van der Waals surface area contributed by atoms with Crippen LogP contribution in [0.5, 0.6) is 0 Å². The number of carbonyl (C=O) groups is 2. The molecule has 31 heavy (non-hydrogen) atoms. The molecule has 0 aliphatic carbocycles. The molecular formula is C20H16F2N4O4S. The number of aryl methyl sites for hydroxylation is 1. The summed E-state index contributed by atoms with van der Waals surface area (Å²) in [5.41, 5.74) is 1.72. The van der Waals surface area contributed by atoms with Crippen molar-refractivity contribution in [1.82, 2.24) is 14.7 Å². The number of benzene rings is 1. The monoisotopic (exact) mass is 446 g/mol. The largest absolute Gasteiger partial charge is 0.306 e. The molecule has 11 heteroatoms. The van der Waals surface area contributed by atoms with Crippen molar-refractivity contribution in [2.45, 2.75) is 31.7 Å². The highest BCUT2D eigenvalue weighted by atomic mass is 32.2. The minimum absolute atomic E-state index is 0.0182. The number of halogens is 2. The van der Waals surface area contributed by atoms with Gasteiger partial charge in [-0.15, -0.1) is 0 Å². The molecule has 0 saturated carbocycles. The van der Waals surface area contributed by atoms with Crippen LogP contribution >= 0.6 is 0 Å². The second-order valence-corrected chi connectivity index (χ2v) is 8.82. The molecular weight excluding hydrogens is 430 g/mol. The maximum atomic E-state index is 14.7. The summed E-state index contributed by atoms with van der Waals surface area (Å²) in [6, 6.07) is 4.71. The average molecular weight is 446 g/mol. The van der Waals surface area contributed by atoms with Gasteiger partial charge in [0.2, 0.25) is 11.8 Å². The molecule has 8 nitrogen and oxygen atoms in total. The molecule has 4 rings (SSSR count). The molecule has 0 unspecified atom stereocenters. The quantitative estimate of drug-likeness (QED) is 0.658. The van der Waals surface area contributed by atoms with Crippen molar-refractivity contribution in [3.63, 3.8) is 0 Å². The van der Waals surface area contributed by atoms with Crippen LogP contribution in [0.2, 0.25) is 0 Å². The van der Waals surface area contributed by atoms with Gasteiger partial charge in [-0.25, -0.2) is 31.9 Å². The van der Waals surface area contributed by atoms with Gasteiger partial charge in [0.15, 0.2) is 5.65 Å². The number of carbonyl (C=O) groups excluding carboxylic acids is 2. The first-order valence-electron chi connectivity index (χ1n) is 9.13. The van der Waals surface area contributed by atoms with E-state index in [1.807, 2.05) is 0 Å². The summed E-state index contributed by atoms with van der Waals surface area (Å²) >= 11 is 0. The SMILES string of the molecule is CC(=O)NS(=O)(=O)c1cc(F)c(CN2C(=O)Cc3cnc4nc(C)ccc4c32)c(F)c1. The summed E-state index contributed by atoms with van der Waals surface area (Å²) < 4.78 is 55.2. The molecule has 0 saturated heterocycles. The topological polar surface area (TPSA) is 109 Å². The number of hydrogen-bond donors (Lipinski definition) is 1. The van der Waals surface area contributed by atoms with Crippen molar-refractivity contribution in [2.24, 2.45) is 0 Å². The van der Waals surface area contributed by atoms with Crippen molar-refractivity contribution in [3.05, 3.63) is 58.9 Å². The number of sulfonamides is 1. The molecule has 1 aliphatic heterocycles. The standard InChI is InChI=1S/C20H16F2N4O4S/c1-10-3-4-14-19-12(8-23-20(14)24-10)5-18(28)26(19)9-15-16(21)6-13(7-17(15)22)31(29,30)25-11(2)27/h3-4,6-8H,5,9H2,1-2H3,(H,25,27). The Morgan fingerprint density at radius 3 is 2.55 bits per heavy atom. The first kappa shape index (κ1) is 20.8. The van der Waals surface area contributed by atoms with Crippen LogP contribution < -0.4 is 9.62 Å². The zero-order valence-electron chi connectivity index (χ0n) is 16.4. The number of nitrogens with one attached hydrogen (secondary N) is 1. The van der Waals surface area contributed by atoms with Gasteiger partial charge in [-0.2, -0.15) is 0 Å². The summed E-state index contributed by atoms with van der Waals surface area (Å²) in [7, 11) is -4.42. The van der Waals surface area contributed by atoms with Crippen LogP contribution in [0.1, 0.15) is 23.7 Å². The molecule has 0 radical (unpaired) electrons. The fraction of sp³-hybridized carbons (Fsp3) is 0.200. The van der Waals surface area contributed by atoms with Crippen LogP contribution in [0.15, 0.2) is 35.4 Å². The van der Waals surface area contributed by atoms with E-state index < -0.39 is 44.6 Å². The van der Waals surface area contributed by atoms with Gasteiger partial charge < -0.3 is 4.90 Å². The van der Waals surface area contributed by atoms with Gasteiger partial charge in [0, 0.05) is 35.3 Å². The van der Waals surface area contributed by atoms with Crippen LogP contribution in [0, 0.1) is 18.6 Å². The van der Waals surface area contributed by atoms with Crippen LogP contribution in [-0.2, 0) is 32.6 Å². The van der Waals surface area contributed by atoms with Crippen LogP contribution in [0.25, 0.3) is 11.0 Å². The first-order valence-corrected chi connectivity index (χ1v) is 10.6. The molecule has 0 bridgehead atoms. The Morgan fingerprint density at radius 1 is 1.23 bits per heavy atom. The Kier molecular flexibility index (Phi) is 4.92. The third-order valence-corrected chi connectivity index (χ3v) is 6.26. The number of anilines is 1. The molecule has 1 aliphatic rings. The summed E-state index contributed by atoms with van der Waals surface area (Å²) in [6.07, 6.45) is 1.53. The van der Waals surface area contributed by atoms with Gasteiger partial charge in [-0.1, -0.05) is 0 Å². The number of aromatic nitrogens is 2. The van der Waals surface area contributed by atoms with Crippen molar-refractivity contribution in [2.75, 3.05) is 4.90 Å². The Hall–Kier alpha value is -3.47. The van der Waals surface area contributed by atoms with Crippen molar-refractivity contribution >= 4 is 38.6 Å². The van der Waals surface area contributed by atoms with Gasteiger partial charge in [0.25, 0.3) is 10.0 Å². The van der Waals surface area contributed by atoms with E-state index in [1.54, 1.807) is 23.8 Å². The Balaban J connectivity index is 1.76. The van der Waals surface area contributed by atoms with E-state index in [1.165, 1.54) is 11.1 Å². The number of hydrogen-bond acceptors (Lipinski definition) is 6. The summed E-state index contributed by atoms with van der Waals surface area (Å²) in [4.78, 5) is 32.7. The van der Waals surface area contributed by atoms with Gasteiger partial charge in [-0.3, -0.25) is 9.59 Å². The van der Waals surface area contributed by atoms with Crippen molar-refractivity contribution in [1.29, 1.82) is 0 Å². The van der Waals surface area contributed by atoms with Gasteiger partial charge in [0.1, 0.15) is 11.6 Å². The third kappa shape index (κ3) is 3.72. The number of nitrogens with zero attached hydrogens (tertiary/aromatic N) is 3. The molecule has 1 aromatic carbocycles. The van der Waals surface area contributed by atoms with E-state index >= 15 is 0 Å². The highest BCUT2D eigenvalue weighted by Crippen LogP contribution is 2.36. The lowest BCUT2D eigenvalue weighted by atomic mass is 10.1. The minimum Gasteiger partial charge on any atom is -0.306 e. The molecule has 2 amide bonds. The van der Waals surface area contributed by atoms with Gasteiger partial charge in [-0.05, 0) is 31.2 Å². The Morgan fingerprint density at radius 2 is 1.90 bits per heavy atom. The van der Waals surface area contributed by atoms with E-state index in [9.17, 15) is 26.8 Å². The number of pyridine rings is 2. The molecule has 0 spiro atoms. The molecule has 0 atom stereocenters. The maximum absolute atomic E-state index is 14.7. The Labute approximate surface area is 176 Å². The smallest absolute Gasteiger partial charge is 0.264 e. The minimum atomic E-state index is -4.42. The lowest BCUT2D eigenvalue weighted by molar-refractivity contribution is -0.118. The predicted molar refractivity (Wildman–Crippen MR) is 107 cm³/mol. The van der Waals surface area contributed by atoms with E-state index in [0.29, 0.717) is 34.4 Å². The lowest BCUT2D eigenvalue weighted by Crippen LogP contribution is -2.29. The van der Waals surface area contributed by atoms with E-state index in [4.69, 9.17) is 0 Å². The van der Waals surface area contributed by atoms with E-state index in [-0.39, 0.29) is 12.3 Å². The lowest BCUT2D eigenvalue weighted by Gasteiger charge is -2.20. The molecule has 0 fully saturated rings. The molecule has 2 aromatic heterocycles. The van der Waals surface area contributed by atoms with Gasteiger partial charge >= 0.3 is 0 Å². The normalized spacial score (nSPS) is 13.5. The summed E-state index contributed by atoms with van der Waals surface area (Å²) in [6.45, 7) is 2.31. The highest BCUT2D eigenvalue weighted by molar-refractivity contribution is 7.90. The first-order chi connectivity index (χ1) is 14.6. The molecule has 3 aromatic rings. The van der Waals surface area contributed by atoms with E-state index in [2.05, 4.69) is 9.97 Å². The Bertz CT molecular complexity index is 1350. The van der Waals surface area contributed by atoms with Crippen LogP contribution in [0.3, 0.4) is 0 Å². The predicted octanol–water partition coefficient (Wildman–Crippen LogP) is 2.13. The summed E-state index contributed by atoms with van der Waals surface area (Å²) in [5.74, 6) is -3.58. The molecule has 160 valence electrons. The highest BCUT2D eigenvalue weighted by Gasteiger charge is 2.32. The third-order valence-electron chi connectivity index (χ3n) is 4.85. The fourth-order valence-corrected chi connectivity index (χ4v) is 4.50. The average Bonchev–Trinajstić information content (AvgIpc) is 2.98. The number of rotatable bonds is 4. The fourth-order valence-electron chi connectivity index (χ4n) is 3.49. The van der Waals surface area contributed by atoms with Crippen molar-refractivity contribution in [3.8, 4) is 0 Å². The van der Waals surface area contributed by atoms with Crippen LogP contribution in [0.4, 0.5) is 14.5 Å². The second kappa shape index (κ2) is 7.34. The molecule has 1 N–H and O–H groups in total. The molecule has 3 heterocycles. The van der Waals surface area contributed by atoms with E-state index in [0.717, 1.165) is 12.6 Å². The van der Waals surface area contributed by atoms with Gasteiger partial charge in [0.05, 0.1) is 23.5 Å². The maximum Gasteiger partial charge on any atom is 0.264 e. The number of fused-ring (bicyclic) bond motifs is 3. The zero-order valence-corrected chi connectivity index (χ0v) is 17.3. The summed E-state index contributed by atoms with van der Waals surface area (Å²) in [5, 5.41) is 0.569.